The highest BCUT2D eigenvalue weighted by Crippen LogP contribution is 2.48. The van der Waals surface area contributed by atoms with Gasteiger partial charge in [-0.1, -0.05) is 25.6 Å². The van der Waals surface area contributed by atoms with Gasteiger partial charge in [-0.2, -0.15) is 0 Å². The van der Waals surface area contributed by atoms with Crippen LogP contribution >= 0.6 is 0 Å². The van der Waals surface area contributed by atoms with Crippen molar-refractivity contribution in [1.82, 2.24) is 0 Å². The van der Waals surface area contributed by atoms with Crippen LogP contribution in [0.3, 0.4) is 0 Å². The second kappa shape index (κ2) is 12.7. The van der Waals surface area contributed by atoms with Crippen molar-refractivity contribution in [3.05, 3.63) is 107 Å². The maximum absolute atomic E-state index is 14.5. The second-order valence-electron chi connectivity index (χ2n) is 9.89. The molecule has 41 heavy (non-hydrogen) atoms. The predicted octanol–water partition coefficient (Wildman–Crippen LogP) is 8.32. The van der Waals surface area contributed by atoms with E-state index in [0.717, 1.165) is 28.2 Å². The zero-order chi connectivity index (χ0) is 29.8. The number of halogens is 6. The number of allylic oxidation sites excluding steroid dienone is 9. The largest absolute Gasteiger partial charge is 0.457 e. The van der Waals surface area contributed by atoms with E-state index < -0.39 is 29.2 Å². The molecule has 0 saturated heterocycles. The van der Waals surface area contributed by atoms with E-state index in [4.69, 9.17) is 9.47 Å². The van der Waals surface area contributed by atoms with Gasteiger partial charge < -0.3 is 14.4 Å². The summed E-state index contributed by atoms with van der Waals surface area (Å²) in [7, 11) is 0. The topological polar surface area (TPSA) is 22.9 Å². The summed E-state index contributed by atoms with van der Waals surface area (Å²) in [5, 5.41) is 0. The molecule has 0 aromatic heterocycles. The molecule has 4 rings (SSSR count). The number of hydrogen-bond donors (Lipinski definition) is 1. The highest BCUT2D eigenvalue weighted by Gasteiger charge is 2.33. The van der Waals surface area contributed by atoms with Gasteiger partial charge in [-0.3, -0.25) is 0 Å². The Bertz CT molecular complexity index is 1520. The number of benzene rings is 2. The van der Waals surface area contributed by atoms with Crippen molar-refractivity contribution in [1.29, 1.82) is 0 Å². The fourth-order valence-electron chi connectivity index (χ4n) is 5.33. The zero-order valence-electron chi connectivity index (χ0n) is 22.9. The molecule has 1 N–H and O–H groups in total. The molecular formula is C32H30F6NO2+. The van der Waals surface area contributed by atoms with Crippen molar-refractivity contribution in [2.75, 3.05) is 13.3 Å². The average molecular weight is 575 g/mol. The Balaban J connectivity index is 2.07. The van der Waals surface area contributed by atoms with Crippen LogP contribution in [0.1, 0.15) is 43.0 Å². The van der Waals surface area contributed by atoms with E-state index in [9.17, 15) is 26.3 Å². The lowest BCUT2D eigenvalue weighted by Gasteiger charge is -2.22. The van der Waals surface area contributed by atoms with Crippen LogP contribution in [-0.2, 0) is 13.1 Å². The maximum atomic E-state index is 14.5. The van der Waals surface area contributed by atoms with Crippen molar-refractivity contribution >= 4 is 11.1 Å². The first-order chi connectivity index (χ1) is 19.6. The van der Waals surface area contributed by atoms with Crippen molar-refractivity contribution < 1.29 is 40.7 Å². The summed E-state index contributed by atoms with van der Waals surface area (Å²) in [6.45, 7) is 9.49. The Morgan fingerprint density at radius 2 is 1.54 bits per heavy atom. The van der Waals surface area contributed by atoms with Crippen molar-refractivity contribution in [2.24, 2.45) is 5.92 Å². The molecule has 216 valence electrons. The first kappa shape index (κ1) is 30.0. The van der Waals surface area contributed by atoms with Gasteiger partial charge in [-0.25, -0.2) is 26.3 Å². The molecular weight excluding hydrogens is 544 g/mol. The monoisotopic (exact) mass is 574 g/mol. The smallest absolute Gasteiger partial charge is 0.230 e. The van der Waals surface area contributed by atoms with Crippen LogP contribution in [0.25, 0.3) is 22.3 Å². The summed E-state index contributed by atoms with van der Waals surface area (Å²) < 4.78 is 94.1. The number of nitrogens with one attached hydrogen (secondary N) is 1. The SMILES string of the molecule is C=C(F)C(F)=C(F)C=C(C)c1ccc2c3c1C[NH+](CC)Cc1c(C(=CC(F)=CF)C(C)C=CF)ccc(c1-3)OCO2. The predicted molar refractivity (Wildman–Crippen MR) is 148 cm³/mol. The third kappa shape index (κ3) is 6.05. The third-order valence-electron chi connectivity index (χ3n) is 7.36. The van der Waals surface area contributed by atoms with E-state index in [1.165, 1.54) is 6.08 Å². The molecule has 0 amide bonds. The van der Waals surface area contributed by atoms with E-state index >= 15 is 0 Å². The van der Waals surface area contributed by atoms with Crippen LogP contribution in [-0.4, -0.2) is 13.3 Å². The highest BCUT2D eigenvalue weighted by atomic mass is 19.2. The third-order valence-corrected chi connectivity index (χ3v) is 7.36. The molecule has 0 saturated carbocycles. The molecule has 0 bridgehead atoms. The molecule has 2 atom stereocenters. The molecule has 0 radical (unpaired) electrons. The van der Waals surface area contributed by atoms with E-state index in [1.54, 1.807) is 38.1 Å². The molecule has 2 unspecified atom stereocenters. The van der Waals surface area contributed by atoms with Gasteiger partial charge in [0.2, 0.25) is 6.79 Å². The minimum atomic E-state index is -1.68. The van der Waals surface area contributed by atoms with Crippen molar-refractivity contribution in [3.63, 3.8) is 0 Å². The molecule has 3 nitrogen and oxygen atoms in total. The fraction of sp³-hybridized carbons (Fsp3) is 0.250. The minimum Gasteiger partial charge on any atom is -0.457 e. The van der Waals surface area contributed by atoms with Gasteiger partial charge >= 0.3 is 0 Å². The normalized spacial score (nSPS) is 18.6. The van der Waals surface area contributed by atoms with Crippen LogP contribution in [0.2, 0.25) is 0 Å². The zero-order valence-corrected chi connectivity index (χ0v) is 22.9. The first-order valence-electron chi connectivity index (χ1n) is 13.1. The number of hydrogen-bond acceptors (Lipinski definition) is 2. The standard InChI is InChI=1S/C32H29F6NO2/c1-5-39-15-25-22(19(3)12-27(37)32(38)20(4)35)6-8-28-30(25)31-26(16-39)23(7-9-29(31)41-17-40-28)24(13-21(36)14-34)18(2)10-11-33/h6-14,18H,4-5,15-17H2,1-3H3/p+1. The van der Waals surface area contributed by atoms with Gasteiger partial charge in [0, 0.05) is 28.2 Å². The molecule has 2 aliphatic rings. The first-order valence-corrected chi connectivity index (χ1v) is 13.1. The molecule has 0 spiro atoms. The number of ether oxygens (including phenoxy) is 2. The molecule has 2 aliphatic heterocycles. The lowest BCUT2D eigenvalue weighted by atomic mass is 9.84. The van der Waals surface area contributed by atoms with Crippen molar-refractivity contribution in [3.8, 4) is 22.6 Å². The van der Waals surface area contributed by atoms with Gasteiger partial charge in [0.25, 0.3) is 0 Å². The number of quaternary nitrogens is 1. The Labute approximate surface area is 235 Å². The highest BCUT2D eigenvalue weighted by molar-refractivity contribution is 5.90. The summed E-state index contributed by atoms with van der Waals surface area (Å²) in [5.74, 6) is -5.32. The van der Waals surface area contributed by atoms with Crippen LogP contribution in [0, 0.1) is 5.92 Å². The van der Waals surface area contributed by atoms with Crippen LogP contribution in [0.5, 0.6) is 11.5 Å². The summed E-state index contributed by atoms with van der Waals surface area (Å²) >= 11 is 0. The lowest BCUT2D eigenvalue weighted by Crippen LogP contribution is -3.08. The Hall–Kier alpha value is -3.98. The van der Waals surface area contributed by atoms with Crippen LogP contribution in [0.4, 0.5) is 26.3 Å². The molecule has 0 aliphatic carbocycles. The van der Waals surface area contributed by atoms with E-state index in [-0.39, 0.29) is 13.1 Å². The maximum Gasteiger partial charge on any atom is 0.230 e. The van der Waals surface area contributed by atoms with Gasteiger partial charge in [-0.15, -0.1) is 0 Å². The molecule has 0 fully saturated rings. The number of rotatable bonds is 8. The molecule has 2 aromatic rings. The molecule has 9 heteroatoms. The van der Waals surface area contributed by atoms with Gasteiger partial charge in [0.15, 0.2) is 23.3 Å². The van der Waals surface area contributed by atoms with Gasteiger partial charge in [-0.05, 0) is 66.5 Å². The summed E-state index contributed by atoms with van der Waals surface area (Å²) in [6.07, 6.45) is 3.41. The summed E-state index contributed by atoms with van der Waals surface area (Å²) in [5.41, 5.74) is 4.72. The Morgan fingerprint density at radius 1 is 0.951 bits per heavy atom. The fourth-order valence-corrected chi connectivity index (χ4v) is 5.33. The Morgan fingerprint density at radius 3 is 2.07 bits per heavy atom. The molecule has 2 heterocycles. The van der Waals surface area contributed by atoms with E-state index in [1.807, 2.05) is 6.92 Å². The molecule has 2 aromatic carbocycles. The lowest BCUT2D eigenvalue weighted by molar-refractivity contribution is -0.925. The minimum absolute atomic E-state index is 0.0964. The summed E-state index contributed by atoms with van der Waals surface area (Å²) in [6, 6.07) is 6.85. The summed E-state index contributed by atoms with van der Waals surface area (Å²) in [4.78, 5) is 1.06. The van der Waals surface area contributed by atoms with Gasteiger partial charge in [0.05, 0.1) is 12.9 Å². The average Bonchev–Trinajstić information content (AvgIpc) is 3.25. The van der Waals surface area contributed by atoms with Gasteiger partial charge in [0.1, 0.15) is 30.9 Å². The van der Waals surface area contributed by atoms with E-state index in [2.05, 4.69) is 6.58 Å². The second-order valence-corrected chi connectivity index (χ2v) is 9.89. The Kier molecular flexibility index (Phi) is 9.28. The van der Waals surface area contributed by atoms with Crippen LogP contribution in [0.15, 0.2) is 85.0 Å². The van der Waals surface area contributed by atoms with E-state index in [0.29, 0.717) is 70.9 Å². The quantitative estimate of drug-likeness (QED) is 0.253. The van der Waals surface area contributed by atoms with Crippen molar-refractivity contribution in [2.45, 2.75) is 33.9 Å². The van der Waals surface area contributed by atoms with Crippen LogP contribution < -0.4 is 14.4 Å².